The molecule has 0 radical (unpaired) electrons. The second-order valence-corrected chi connectivity index (χ2v) is 5.21. The van der Waals surface area contributed by atoms with Gasteiger partial charge in [0.1, 0.15) is 0 Å². The van der Waals surface area contributed by atoms with Crippen LogP contribution in [0.5, 0.6) is 0 Å². The molecule has 12 heavy (non-hydrogen) atoms. The van der Waals surface area contributed by atoms with Crippen LogP contribution in [-0.4, -0.2) is 12.6 Å². The molecule has 0 saturated carbocycles. The van der Waals surface area contributed by atoms with E-state index in [1.807, 2.05) is 0 Å². The molecule has 1 saturated heterocycles. The topological polar surface area (TPSA) is 12.0 Å². The van der Waals surface area contributed by atoms with Crippen molar-refractivity contribution in [2.24, 2.45) is 11.3 Å². The summed E-state index contributed by atoms with van der Waals surface area (Å²) in [7, 11) is 0. The molecule has 0 aromatic carbocycles. The fraction of sp³-hybridized carbons (Fsp3) is 1.00. The van der Waals surface area contributed by atoms with Gasteiger partial charge in [0, 0.05) is 6.04 Å². The van der Waals surface area contributed by atoms with Gasteiger partial charge in [0.05, 0.1) is 0 Å². The van der Waals surface area contributed by atoms with E-state index in [1.165, 1.54) is 25.8 Å². The summed E-state index contributed by atoms with van der Waals surface area (Å²) >= 11 is 0. The van der Waals surface area contributed by atoms with Crippen LogP contribution in [0.1, 0.15) is 47.0 Å². The fourth-order valence-electron chi connectivity index (χ4n) is 2.39. The summed E-state index contributed by atoms with van der Waals surface area (Å²) in [5.41, 5.74) is 0.469. The van der Waals surface area contributed by atoms with Gasteiger partial charge in [-0.15, -0.1) is 0 Å². The normalized spacial score (nSPS) is 33.0. The molecule has 72 valence electrons. The van der Waals surface area contributed by atoms with E-state index in [0.717, 1.165) is 5.92 Å². The van der Waals surface area contributed by atoms with E-state index in [2.05, 4.69) is 33.0 Å². The summed E-state index contributed by atoms with van der Waals surface area (Å²) in [5.74, 6) is 0.847. The molecule has 0 spiro atoms. The van der Waals surface area contributed by atoms with Crippen molar-refractivity contribution >= 4 is 0 Å². The zero-order valence-electron chi connectivity index (χ0n) is 8.98. The van der Waals surface area contributed by atoms with Crippen molar-refractivity contribution in [3.8, 4) is 0 Å². The highest BCUT2D eigenvalue weighted by Crippen LogP contribution is 2.33. The maximum atomic E-state index is 3.60. The van der Waals surface area contributed by atoms with Gasteiger partial charge in [-0.2, -0.15) is 0 Å². The highest BCUT2D eigenvalue weighted by Gasteiger charge is 2.29. The molecule has 1 N–H and O–H groups in total. The first-order valence-corrected chi connectivity index (χ1v) is 5.25. The van der Waals surface area contributed by atoms with Crippen LogP contribution in [-0.2, 0) is 0 Å². The van der Waals surface area contributed by atoms with Crippen LogP contribution in [0.25, 0.3) is 0 Å². The van der Waals surface area contributed by atoms with Crippen molar-refractivity contribution in [2.45, 2.75) is 53.0 Å². The first kappa shape index (κ1) is 10.0. The highest BCUT2D eigenvalue weighted by molar-refractivity contribution is 4.84. The Morgan fingerprint density at radius 1 is 1.17 bits per heavy atom. The molecule has 2 atom stereocenters. The van der Waals surface area contributed by atoms with Gasteiger partial charge in [-0.3, -0.25) is 0 Å². The zero-order valence-corrected chi connectivity index (χ0v) is 8.98. The molecule has 1 heterocycles. The van der Waals surface area contributed by atoms with Crippen molar-refractivity contribution in [3.05, 3.63) is 0 Å². The zero-order chi connectivity index (χ0) is 9.19. The van der Waals surface area contributed by atoms with Crippen LogP contribution in [0.2, 0.25) is 0 Å². The number of nitrogens with one attached hydrogen (secondary N) is 1. The number of hydrogen-bond donors (Lipinski definition) is 1. The minimum Gasteiger partial charge on any atom is -0.314 e. The molecular formula is C11H23N. The van der Waals surface area contributed by atoms with Gasteiger partial charge in [-0.05, 0) is 37.6 Å². The molecule has 2 unspecified atom stereocenters. The average molecular weight is 169 g/mol. The first-order valence-electron chi connectivity index (χ1n) is 5.25. The molecule has 0 amide bonds. The van der Waals surface area contributed by atoms with E-state index in [4.69, 9.17) is 0 Å². The smallest absolute Gasteiger partial charge is 0.00719 e. The van der Waals surface area contributed by atoms with E-state index in [-0.39, 0.29) is 0 Å². The van der Waals surface area contributed by atoms with Gasteiger partial charge < -0.3 is 5.32 Å². The lowest BCUT2D eigenvalue weighted by Crippen LogP contribution is -2.38. The Labute approximate surface area is 76.9 Å². The standard InChI is InChI=1S/C11H23N/c1-9-10(11(2,3)4)7-5-6-8-12-9/h9-10,12H,5-8H2,1-4H3. The van der Waals surface area contributed by atoms with E-state index in [9.17, 15) is 0 Å². The van der Waals surface area contributed by atoms with Crippen LogP contribution in [0, 0.1) is 11.3 Å². The van der Waals surface area contributed by atoms with Crippen molar-refractivity contribution in [3.63, 3.8) is 0 Å². The molecule has 1 rings (SSSR count). The summed E-state index contributed by atoms with van der Waals surface area (Å²) in [6.07, 6.45) is 4.16. The van der Waals surface area contributed by atoms with Crippen LogP contribution >= 0.6 is 0 Å². The second-order valence-electron chi connectivity index (χ2n) is 5.21. The van der Waals surface area contributed by atoms with Gasteiger partial charge in [0.25, 0.3) is 0 Å². The molecule has 0 aliphatic carbocycles. The van der Waals surface area contributed by atoms with Crippen LogP contribution in [0.4, 0.5) is 0 Å². The summed E-state index contributed by atoms with van der Waals surface area (Å²) in [4.78, 5) is 0. The molecule has 0 aromatic rings. The maximum Gasteiger partial charge on any atom is 0.00719 e. The Morgan fingerprint density at radius 3 is 2.42 bits per heavy atom. The largest absolute Gasteiger partial charge is 0.314 e. The SMILES string of the molecule is CC1NCCCCC1C(C)(C)C. The maximum absolute atomic E-state index is 3.60. The van der Waals surface area contributed by atoms with E-state index < -0.39 is 0 Å². The lowest BCUT2D eigenvalue weighted by Gasteiger charge is -2.34. The van der Waals surface area contributed by atoms with Crippen LogP contribution in [0.15, 0.2) is 0 Å². The molecule has 0 bridgehead atoms. The van der Waals surface area contributed by atoms with Crippen LogP contribution in [0.3, 0.4) is 0 Å². The van der Waals surface area contributed by atoms with Crippen molar-refractivity contribution < 1.29 is 0 Å². The van der Waals surface area contributed by atoms with Gasteiger partial charge in [0.15, 0.2) is 0 Å². The Hall–Kier alpha value is -0.0400. The Balaban J connectivity index is 2.59. The molecule has 0 aromatic heterocycles. The summed E-state index contributed by atoms with van der Waals surface area (Å²) < 4.78 is 0. The molecule has 1 aliphatic heterocycles. The summed E-state index contributed by atoms with van der Waals surface area (Å²) in [6.45, 7) is 10.6. The third-order valence-corrected chi connectivity index (χ3v) is 3.12. The van der Waals surface area contributed by atoms with Crippen LogP contribution < -0.4 is 5.32 Å². The van der Waals surface area contributed by atoms with E-state index >= 15 is 0 Å². The minimum atomic E-state index is 0.469. The second kappa shape index (κ2) is 3.78. The van der Waals surface area contributed by atoms with E-state index in [0.29, 0.717) is 11.5 Å². The average Bonchev–Trinajstić information content (AvgIpc) is 2.11. The summed E-state index contributed by atoms with van der Waals surface area (Å²) in [5, 5.41) is 3.60. The lowest BCUT2D eigenvalue weighted by molar-refractivity contribution is 0.185. The molecule has 1 fully saturated rings. The predicted molar refractivity (Wildman–Crippen MR) is 54.3 cm³/mol. The van der Waals surface area contributed by atoms with Gasteiger partial charge in [-0.1, -0.05) is 27.2 Å². The lowest BCUT2D eigenvalue weighted by atomic mass is 9.74. The number of hydrogen-bond acceptors (Lipinski definition) is 1. The van der Waals surface area contributed by atoms with Crippen molar-refractivity contribution in [1.82, 2.24) is 5.32 Å². The van der Waals surface area contributed by atoms with Gasteiger partial charge >= 0.3 is 0 Å². The summed E-state index contributed by atoms with van der Waals surface area (Å²) in [6, 6.07) is 0.701. The van der Waals surface area contributed by atoms with Crippen molar-refractivity contribution in [2.75, 3.05) is 6.54 Å². The van der Waals surface area contributed by atoms with Gasteiger partial charge in [-0.25, -0.2) is 0 Å². The quantitative estimate of drug-likeness (QED) is 0.588. The molecule has 1 heteroatoms. The molecular weight excluding hydrogens is 146 g/mol. The first-order chi connectivity index (χ1) is 5.52. The Morgan fingerprint density at radius 2 is 1.83 bits per heavy atom. The Kier molecular flexibility index (Phi) is 3.16. The fourth-order valence-corrected chi connectivity index (χ4v) is 2.39. The third kappa shape index (κ3) is 2.48. The number of rotatable bonds is 0. The molecule has 1 nitrogen and oxygen atoms in total. The monoisotopic (exact) mass is 169 g/mol. The minimum absolute atomic E-state index is 0.469. The van der Waals surface area contributed by atoms with Crippen molar-refractivity contribution in [1.29, 1.82) is 0 Å². The third-order valence-electron chi connectivity index (χ3n) is 3.12. The molecule has 1 aliphatic rings. The van der Waals surface area contributed by atoms with E-state index in [1.54, 1.807) is 0 Å². The highest BCUT2D eigenvalue weighted by atomic mass is 14.9. The van der Waals surface area contributed by atoms with Gasteiger partial charge in [0.2, 0.25) is 0 Å². The predicted octanol–water partition coefficient (Wildman–Crippen LogP) is 2.81. The Bertz CT molecular complexity index is 134.